The number of aromatic nitrogens is 1. The molecule has 0 radical (unpaired) electrons. The van der Waals surface area contributed by atoms with Crippen LogP contribution in [-0.4, -0.2) is 25.5 Å². The minimum atomic E-state index is -3.68. The lowest BCUT2D eigenvalue weighted by Gasteiger charge is -2.13. The number of methoxy groups -OCH3 is 1. The summed E-state index contributed by atoms with van der Waals surface area (Å²) < 4.78 is 32.3. The van der Waals surface area contributed by atoms with E-state index in [0.29, 0.717) is 11.1 Å². The summed E-state index contributed by atoms with van der Waals surface area (Å²) in [7, 11) is -2.32. The number of hydrogen-bond donors (Lipinski definition) is 0. The summed E-state index contributed by atoms with van der Waals surface area (Å²) in [4.78, 5) is 12.3. The molecule has 0 atom stereocenters. The molecule has 0 spiro atoms. The maximum atomic E-state index is 13.1. The number of benzene rings is 2. The number of rotatable bonds is 3. The Hall–Kier alpha value is -2.60. The third-order valence-corrected chi connectivity index (χ3v) is 6.41. The Kier molecular flexibility index (Phi) is 3.65. The first-order valence-electron chi connectivity index (χ1n) is 8.09. The smallest absolute Gasteiger partial charge is 0.338 e. The van der Waals surface area contributed by atoms with E-state index >= 15 is 0 Å². The van der Waals surface area contributed by atoms with Crippen LogP contribution >= 0.6 is 0 Å². The Morgan fingerprint density at radius 2 is 1.80 bits per heavy atom. The molecule has 0 amide bonds. The number of nitrogens with zero attached hydrogens (tertiary/aromatic N) is 1. The fourth-order valence-electron chi connectivity index (χ4n) is 3.60. The summed E-state index contributed by atoms with van der Waals surface area (Å²) in [5.41, 5.74) is 3.05. The van der Waals surface area contributed by atoms with Crippen LogP contribution in [0.4, 0.5) is 0 Å². The van der Waals surface area contributed by atoms with Gasteiger partial charge < -0.3 is 4.74 Å². The van der Waals surface area contributed by atoms with Crippen molar-refractivity contribution in [3.05, 3.63) is 65.4 Å². The monoisotopic (exact) mass is 355 g/mol. The van der Waals surface area contributed by atoms with Crippen LogP contribution in [-0.2, 0) is 27.6 Å². The number of hydrogen-bond acceptors (Lipinski definition) is 4. The molecule has 1 aromatic heterocycles. The minimum Gasteiger partial charge on any atom is -0.465 e. The van der Waals surface area contributed by atoms with E-state index in [4.69, 9.17) is 4.74 Å². The normalized spacial score (nSPS) is 13.8. The van der Waals surface area contributed by atoms with Crippen molar-refractivity contribution in [3.8, 4) is 0 Å². The summed E-state index contributed by atoms with van der Waals surface area (Å²) >= 11 is 0. The van der Waals surface area contributed by atoms with E-state index < -0.39 is 10.0 Å². The summed E-state index contributed by atoms with van der Waals surface area (Å²) in [6, 6.07) is 11.8. The number of esters is 1. The van der Waals surface area contributed by atoms with Crippen LogP contribution in [0, 0.1) is 0 Å². The molecule has 6 heteroatoms. The van der Waals surface area contributed by atoms with Gasteiger partial charge in [0, 0.05) is 11.6 Å². The molecule has 3 aromatic rings. The molecule has 0 bridgehead atoms. The van der Waals surface area contributed by atoms with Gasteiger partial charge in [-0.2, -0.15) is 0 Å². The molecule has 0 saturated heterocycles. The highest BCUT2D eigenvalue weighted by Gasteiger charge is 2.27. The number of fused-ring (bicyclic) bond motifs is 3. The van der Waals surface area contributed by atoms with E-state index in [-0.39, 0.29) is 10.9 Å². The summed E-state index contributed by atoms with van der Waals surface area (Å²) in [6.45, 7) is 0. The van der Waals surface area contributed by atoms with E-state index in [0.717, 1.165) is 35.8 Å². The number of aryl methyl sites for hydroxylation is 1. The van der Waals surface area contributed by atoms with Crippen LogP contribution in [0.3, 0.4) is 0 Å². The highest BCUT2D eigenvalue weighted by atomic mass is 32.2. The number of ether oxygens (including phenoxy) is 1. The van der Waals surface area contributed by atoms with E-state index in [2.05, 4.69) is 0 Å². The lowest BCUT2D eigenvalue weighted by atomic mass is 10.0. The molecular formula is C19H17NO4S. The zero-order valence-corrected chi connectivity index (χ0v) is 14.5. The van der Waals surface area contributed by atoms with Gasteiger partial charge in [-0.25, -0.2) is 17.2 Å². The molecule has 1 aliphatic rings. The van der Waals surface area contributed by atoms with Gasteiger partial charge in [-0.15, -0.1) is 0 Å². The van der Waals surface area contributed by atoms with Gasteiger partial charge >= 0.3 is 5.97 Å². The van der Waals surface area contributed by atoms with Crippen LogP contribution in [0.2, 0.25) is 0 Å². The molecule has 0 fully saturated rings. The van der Waals surface area contributed by atoms with Gasteiger partial charge in [-0.3, -0.25) is 0 Å². The first kappa shape index (κ1) is 15.9. The average molecular weight is 355 g/mol. The molecule has 1 heterocycles. The lowest BCUT2D eigenvalue weighted by molar-refractivity contribution is 0.0599. The Balaban J connectivity index is 2.00. The second kappa shape index (κ2) is 5.74. The highest BCUT2D eigenvalue weighted by Crippen LogP contribution is 2.35. The molecule has 0 saturated carbocycles. The first-order chi connectivity index (χ1) is 12.0. The molecule has 0 N–H and O–H groups in total. The van der Waals surface area contributed by atoms with E-state index in [1.54, 1.807) is 48.7 Å². The van der Waals surface area contributed by atoms with Crippen LogP contribution in [0.15, 0.2) is 53.6 Å². The Labute approximate surface area is 145 Å². The first-order valence-corrected chi connectivity index (χ1v) is 9.53. The molecule has 2 aromatic carbocycles. The molecule has 0 aliphatic heterocycles. The van der Waals surface area contributed by atoms with Crippen molar-refractivity contribution in [3.63, 3.8) is 0 Å². The van der Waals surface area contributed by atoms with Gasteiger partial charge in [-0.1, -0.05) is 18.2 Å². The third-order valence-electron chi connectivity index (χ3n) is 4.72. The van der Waals surface area contributed by atoms with Crippen molar-refractivity contribution in [1.29, 1.82) is 0 Å². The topological polar surface area (TPSA) is 65.4 Å². The standard InChI is InChI=1S/C19H17NO4S/c1-24-19(21)17-12-13-10-11-20(18(13)16-9-5-8-15(16)17)25(22,23)14-6-3-2-4-7-14/h2-4,6-7,10-12H,5,8-9H2,1H3. The Morgan fingerprint density at radius 3 is 2.52 bits per heavy atom. The molecule has 128 valence electrons. The van der Waals surface area contributed by atoms with Gasteiger partial charge in [0.25, 0.3) is 10.0 Å². The third kappa shape index (κ3) is 2.36. The lowest BCUT2D eigenvalue weighted by Crippen LogP contribution is -2.13. The Morgan fingerprint density at radius 1 is 1.08 bits per heavy atom. The van der Waals surface area contributed by atoms with Crippen molar-refractivity contribution in [2.45, 2.75) is 24.2 Å². The van der Waals surface area contributed by atoms with Crippen molar-refractivity contribution in [2.24, 2.45) is 0 Å². The van der Waals surface area contributed by atoms with Crippen molar-refractivity contribution in [2.75, 3.05) is 7.11 Å². The fourth-order valence-corrected chi connectivity index (χ4v) is 5.00. The summed E-state index contributed by atoms with van der Waals surface area (Å²) in [5.74, 6) is -0.376. The second-order valence-corrected chi connectivity index (χ2v) is 7.91. The van der Waals surface area contributed by atoms with Gasteiger partial charge in [0.15, 0.2) is 0 Å². The predicted molar refractivity (Wildman–Crippen MR) is 94.3 cm³/mol. The van der Waals surface area contributed by atoms with Gasteiger partial charge in [-0.05, 0) is 54.7 Å². The minimum absolute atomic E-state index is 0.247. The Bertz CT molecular complexity index is 1080. The largest absolute Gasteiger partial charge is 0.465 e. The average Bonchev–Trinajstić information content (AvgIpc) is 3.27. The molecular weight excluding hydrogens is 338 g/mol. The molecule has 0 unspecified atom stereocenters. The highest BCUT2D eigenvalue weighted by molar-refractivity contribution is 7.90. The van der Waals surface area contributed by atoms with Crippen LogP contribution < -0.4 is 0 Å². The maximum absolute atomic E-state index is 13.1. The van der Waals surface area contributed by atoms with Crippen LogP contribution in [0.5, 0.6) is 0 Å². The zero-order chi connectivity index (χ0) is 17.6. The molecule has 1 aliphatic carbocycles. The SMILES string of the molecule is COC(=O)c1cc2ccn(S(=O)(=O)c3ccccc3)c2c2c1CCC2. The van der Waals surface area contributed by atoms with Crippen molar-refractivity contribution >= 4 is 26.9 Å². The van der Waals surface area contributed by atoms with Crippen molar-refractivity contribution < 1.29 is 17.9 Å². The quantitative estimate of drug-likeness (QED) is 0.677. The molecule has 4 rings (SSSR count). The summed E-state index contributed by atoms with van der Waals surface area (Å²) in [6.07, 6.45) is 3.97. The van der Waals surface area contributed by atoms with E-state index in [1.807, 2.05) is 0 Å². The predicted octanol–water partition coefficient (Wildman–Crippen LogP) is 3.15. The number of carbonyl (C=O) groups excluding carboxylic acids is 1. The maximum Gasteiger partial charge on any atom is 0.338 e. The fraction of sp³-hybridized carbons (Fsp3) is 0.211. The molecule has 5 nitrogen and oxygen atoms in total. The molecule has 25 heavy (non-hydrogen) atoms. The summed E-state index contributed by atoms with van der Waals surface area (Å²) in [5, 5.41) is 0.737. The zero-order valence-electron chi connectivity index (χ0n) is 13.7. The van der Waals surface area contributed by atoms with Crippen LogP contribution in [0.25, 0.3) is 10.9 Å². The van der Waals surface area contributed by atoms with Crippen molar-refractivity contribution in [1.82, 2.24) is 3.97 Å². The van der Waals surface area contributed by atoms with Gasteiger partial charge in [0.1, 0.15) is 0 Å². The van der Waals surface area contributed by atoms with E-state index in [1.165, 1.54) is 11.1 Å². The van der Waals surface area contributed by atoms with Gasteiger partial charge in [0.05, 0.1) is 23.1 Å². The van der Waals surface area contributed by atoms with Crippen LogP contribution in [0.1, 0.15) is 27.9 Å². The second-order valence-electron chi connectivity index (χ2n) is 6.09. The van der Waals surface area contributed by atoms with Gasteiger partial charge in [0.2, 0.25) is 0 Å². The van der Waals surface area contributed by atoms with E-state index in [9.17, 15) is 13.2 Å². The number of carbonyl (C=O) groups is 1.